The average Bonchev–Trinajstić information content (AvgIpc) is 3.50. The van der Waals surface area contributed by atoms with Gasteiger partial charge in [-0.2, -0.15) is 0 Å². The molecule has 4 heterocycles. The predicted molar refractivity (Wildman–Crippen MR) is 107 cm³/mol. The molecule has 1 spiro atoms. The molecule has 3 aliphatic heterocycles. The third-order valence-electron chi connectivity index (χ3n) is 6.20. The molecule has 0 saturated carbocycles. The third-order valence-corrected chi connectivity index (χ3v) is 6.20. The van der Waals surface area contributed by atoms with E-state index in [1.807, 2.05) is 6.07 Å². The Morgan fingerprint density at radius 3 is 2.54 bits per heavy atom. The summed E-state index contributed by atoms with van der Waals surface area (Å²) in [5.74, 6) is 2.53. The number of nitrogens with zero attached hydrogens (tertiary/aromatic N) is 2. The number of ether oxygens (including phenoxy) is 3. The highest BCUT2D eigenvalue weighted by Crippen LogP contribution is 2.54. The molecule has 0 amide bonds. The molecule has 0 aliphatic carbocycles. The van der Waals surface area contributed by atoms with Gasteiger partial charge < -0.3 is 23.7 Å². The van der Waals surface area contributed by atoms with Gasteiger partial charge in [0.2, 0.25) is 6.79 Å². The van der Waals surface area contributed by atoms with E-state index < -0.39 is 0 Å². The van der Waals surface area contributed by atoms with Crippen LogP contribution in [0.5, 0.6) is 17.2 Å². The van der Waals surface area contributed by atoms with E-state index in [1.54, 1.807) is 0 Å². The molecule has 0 N–H and O–H groups in total. The molecular weight excluding hydrogens is 352 g/mol. The molecule has 142 valence electrons. The number of hydrogen-bond acceptors (Lipinski definition) is 4. The number of anilines is 1. The maximum absolute atomic E-state index is 6.16. The van der Waals surface area contributed by atoms with Crippen LogP contribution < -0.4 is 19.1 Å². The lowest BCUT2D eigenvalue weighted by atomic mass is 9.77. The molecule has 0 radical (unpaired) electrons. The van der Waals surface area contributed by atoms with Gasteiger partial charge in [0.25, 0.3) is 0 Å². The predicted octanol–water partition coefficient (Wildman–Crippen LogP) is 3.81. The molecule has 3 aromatic rings. The zero-order valence-corrected chi connectivity index (χ0v) is 15.6. The molecular formula is C23H22N2O3. The Kier molecular flexibility index (Phi) is 3.39. The maximum Gasteiger partial charge on any atom is 0.231 e. The first-order valence-electron chi connectivity index (χ1n) is 9.86. The van der Waals surface area contributed by atoms with Gasteiger partial charge in [0, 0.05) is 49.3 Å². The highest BCUT2D eigenvalue weighted by atomic mass is 16.7. The zero-order chi connectivity index (χ0) is 18.6. The minimum atomic E-state index is -0.139. The van der Waals surface area contributed by atoms with E-state index in [-0.39, 0.29) is 12.2 Å². The summed E-state index contributed by atoms with van der Waals surface area (Å²) in [5.41, 5.74) is 3.76. The van der Waals surface area contributed by atoms with E-state index >= 15 is 0 Å². The highest BCUT2D eigenvalue weighted by Gasteiger charge is 2.50. The van der Waals surface area contributed by atoms with Crippen molar-refractivity contribution in [1.29, 1.82) is 0 Å². The summed E-state index contributed by atoms with van der Waals surface area (Å²) in [6.07, 6.45) is 5.36. The lowest BCUT2D eigenvalue weighted by Gasteiger charge is -2.25. The van der Waals surface area contributed by atoms with E-state index in [0.29, 0.717) is 6.61 Å². The van der Waals surface area contributed by atoms with Crippen molar-refractivity contribution in [2.45, 2.75) is 18.4 Å². The second-order valence-corrected chi connectivity index (χ2v) is 7.79. The van der Waals surface area contributed by atoms with Gasteiger partial charge in [0.1, 0.15) is 12.4 Å². The fraction of sp³-hybridized carbons (Fsp3) is 0.304. The van der Waals surface area contributed by atoms with E-state index in [0.717, 1.165) is 43.3 Å². The number of aryl methyl sites for hydroxylation is 1. The van der Waals surface area contributed by atoms with Crippen molar-refractivity contribution < 1.29 is 14.2 Å². The van der Waals surface area contributed by atoms with Crippen LogP contribution >= 0.6 is 0 Å². The molecule has 5 nitrogen and oxygen atoms in total. The molecule has 1 atom stereocenters. The number of aromatic nitrogens is 1. The van der Waals surface area contributed by atoms with Crippen LogP contribution in [-0.2, 0) is 12.0 Å². The van der Waals surface area contributed by atoms with Gasteiger partial charge in [-0.15, -0.1) is 0 Å². The van der Waals surface area contributed by atoms with Crippen LogP contribution in [0.25, 0.3) is 0 Å². The standard InChI is InChI=1S/C23H22N2O3/c1-2-7-19-17(6-1)23(14-25(19)11-5-10-24-8-3-4-9-24)15-26-20-13-22-21(12-18(20)23)27-16-28-22/h1-4,6-9,12-13H,5,10-11,14-16H2. The Labute approximate surface area is 164 Å². The van der Waals surface area contributed by atoms with Crippen LogP contribution in [0.4, 0.5) is 5.69 Å². The maximum atomic E-state index is 6.16. The van der Waals surface area contributed by atoms with Crippen LogP contribution in [0.3, 0.4) is 0 Å². The number of rotatable bonds is 4. The summed E-state index contributed by atoms with van der Waals surface area (Å²) in [4.78, 5) is 2.52. The van der Waals surface area contributed by atoms with Crippen molar-refractivity contribution in [2.75, 3.05) is 31.4 Å². The molecule has 0 saturated heterocycles. The Hall–Kier alpha value is -3.08. The fourth-order valence-corrected chi connectivity index (χ4v) is 4.86. The zero-order valence-electron chi connectivity index (χ0n) is 15.6. The monoisotopic (exact) mass is 374 g/mol. The first-order valence-corrected chi connectivity index (χ1v) is 9.86. The van der Waals surface area contributed by atoms with Gasteiger partial charge in [-0.05, 0) is 36.2 Å². The number of fused-ring (bicyclic) bond motifs is 5. The Morgan fingerprint density at radius 2 is 1.64 bits per heavy atom. The number of para-hydroxylation sites is 1. The Balaban J connectivity index is 1.34. The highest BCUT2D eigenvalue weighted by molar-refractivity contribution is 5.70. The Bertz CT molecular complexity index is 1030. The molecule has 0 fully saturated rings. The molecule has 5 heteroatoms. The minimum Gasteiger partial charge on any atom is -0.492 e. The first kappa shape index (κ1) is 15.9. The molecule has 1 unspecified atom stereocenters. The van der Waals surface area contributed by atoms with E-state index in [4.69, 9.17) is 14.2 Å². The summed E-state index contributed by atoms with van der Waals surface area (Å²) in [6, 6.07) is 17.0. The van der Waals surface area contributed by atoms with Crippen LogP contribution in [0.2, 0.25) is 0 Å². The van der Waals surface area contributed by atoms with Crippen LogP contribution in [0.1, 0.15) is 17.5 Å². The topological polar surface area (TPSA) is 35.9 Å². The first-order chi connectivity index (χ1) is 13.8. The normalized spacial score (nSPS) is 21.1. The second-order valence-electron chi connectivity index (χ2n) is 7.79. The lowest BCUT2D eigenvalue weighted by molar-refractivity contribution is 0.173. The van der Waals surface area contributed by atoms with Crippen LogP contribution in [0.15, 0.2) is 60.9 Å². The largest absolute Gasteiger partial charge is 0.492 e. The van der Waals surface area contributed by atoms with E-state index in [1.165, 1.54) is 16.8 Å². The molecule has 2 aromatic carbocycles. The summed E-state index contributed by atoms with van der Waals surface area (Å²) >= 11 is 0. The van der Waals surface area contributed by atoms with Gasteiger partial charge >= 0.3 is 0 Å². The van der Waals surface area contributed by atoms with Gasteiger partial charge in [-0.3, -0.25) is 0 Å². The van der Waals surface area contributed by atoms with Crippen LogP contribution in [-0.4, -0.2) is 31.1 Å². The van der Waals surface area contributed by atoms with Crippen LogP contribution in [0, 0.1) is 0 Å². The van der Waals surface area contributed by atoms with Crippen molar-refractivity contribution in [1.82, 2.24) is 4.57 Å². The van der Waals surface area contributed by atoms with Crippen molar-refractivity contribution in [2.24, 2.45) is 0 Å². The molecule has 0 bridgehead atoms. The Morgan fingerprint density at radius 1 is 0.821 bits per heavy atom. The smallest absolute Gasteiger partial charge is 0.231 e. The fourth-order valence-electron chi connectivity index (χ4n) is 4.86. The second kappa shape index (κ2) is 5.96. The van der Waals surface area contributed by atoms with Crippen molar-refractivity contribution in [3.63, 3.8) is 0 Å². The third kappa shape index (κ3) is 2.25. The average molecular weight is 374 g/mol. The summed E-state index contributed by atoms with van der Waals surface area (Å²) in [5, 5.41) is 0. The molecule has 1 aromatic heterocycles. The van der Waals surface area contributed by atoms with Crippen molar-refractivity contribution >= 4 is 5.69 Å². The number of hydrogen-bond donors (Lipinski definition) is 0. The van der Waals surface area contributed by atoms with Crippen molar-refractivity contribution in [3.8, 4) is 17.2 Å². The van der Waals surface area contributed by atoms with Gasteiger partial charge in [-0.1, -0.05) is 18.2 Å². The lowest BCUT2D eigenvalue weighted by Crippen LogP contribution is -2.36. The SMILES string of the molecule is c1ccc2c(c1)N(CCCn1cccc1)CC21COc2cc3c(cc21)OCO3. The van der Waals surface area contributed by atoms with Gasteiger partial charge in [0.05, 0.1) is 5.41 Å². The van der Waals surface area contributed by atoms with Gasteiger partial charge in [-0.25, -0.2) is 0 Å². The minimum absolute atomic E-state index is 0.139. The van der Waals surface area contributed by atoms with Crippen molar-refractivity contribution in [3.05, 3.63) is 72.1 Å². The summed E-state index contributed by atoms with van der Waals surface area (Å²) in [7, 11) is 0. The van der Waals surface area contributed by atoms with Gasteiger partial charge in [0.15, 0.2) is 11.5 Å². The molecule has 3 aliphatic rings. The summed E-state index contributed by atoms with van der Waals surface area (Å²) in [6.45, 7) is 3.94. The quantitative estimate of drug-likeness (QED) is 0.696. The van der Waals surface area contributed by atoms with E-state index in [2.05, 4.69) is 64.3 Å². The summed E-state index contributed by atoms with van der Waals surface area (Å²) < 4.78 is 19.6. The number of benzene rings is 2. The molecule has 6 rings (SSSR count). The molecule has 28 heavy (non-hydrogen) atoms. The van der Waals surface area contributed by atoms with E-state index in [9.17, 15) is 0 Å².